The highest BCUT2D eigenvalue weighted by molar-refractivity contribution is 7.14. The van der Waals surface area contributed by atoms with Gasteiger partial charge in [-0.25, -0.2) is 4.98 Å². The number of nitrogens with one attached hydrogen (secondary N) is 1. The fourth-order valence-corrected chi connectivity index (χ4v) is 3.24. The minimum Gasteiger partial charge on any atom is -0.395 e. The molecular formula is C15H16N2O2S2. The van der Waals surface area contributed by atoms with Gasteiger partial charge in [-0.1, -0.05) is 11.8 Å². The molecule has 0 radical (unpaired) electrons. The minimum absolute atomic E-state index is 0.0534. The number of nitrogens with zero attached hydrogens (tertiary/aromatic N) is 1. The second-order valence-corrected chi connectivity index (χ2v) is 6.55. The van der Waals surface area contributed by atoms with E-state index in [1.807, 2.05) is 25.3 Å². The number of hydrogen-bond donors (Lipinski definition) is 2. The van der Waals surface area contributed by atoms with Gasteiger partial charge in [-0.3, -0.25) is 4.79 Å². The van der Waals surface area contributed by atoms with Crippen LogP contribution < -0.4 is 5.32 Å². The molecule has 0 saturated heterocycles. The normalized spacial score (nSPS) is 10.0. The summed E-state index contributed by atoms with van der Waals surface area (Å²) in [7, 11) is 0. The zero-order valence-electron chi connectivity index (χ0n) is 11.9. The molecule has 0 aromatic carbocycles. The van der Waals surface area contributed by atoms with Crippen molar-refractivity contribution in [2.24, 2.45) is 0 Å². The predicted octanol–water partition coefficient (Wildman–Crippen LogP) is 2.49. The Kier molecular flexibility index (Phi) is 5.51. The number of aromatic nitrogens is 1. The quantitative estimate of drug-likeness (QED) is 0.851. The van der Waals surface area contributed by atoms with Crippen molar-refractivity contribution in [3.05, 3.63) is 37.5 Å². The first-order valence-electron chi connectivity index (χ1n) is 6.49. The van der Waals surface area contributed by atoms with Crippen LogP contribution in [-0.2, 0) is 6.54 Å². The van der Waals surface area contributed by atoms with Crippen molar-refractivity contribution in [2.45, 2.75) is 26.8 Å². The van der Waals surface area contributed by atoms with E-state index < -0.39 is 0 Å². The summed E-state index contributed by atoms with van der Waals surface area (Å²) in [6.07, 6.45) is 0.446. The minimum atomic E-state index is -0.107. The van der Waals surface area contributed by atoms with Crippen molar-refractivity contribution < 1.29 is 9.90 Å². The molecule has 0 spiro atoms. The fraction of sp³-hybridized carbons (Fsp3) is 0.333. The van der Waals surface area contributed by atoms with Crippen LogP contribution >= 0.6 is 22.7 Å². The molecule has 1 amide bonds. The van der Waals surface area contributed by atoms with Gasteiger partial charge in [-0.05, 0) is 25.5 Å². The van der Waals surface area contributed by atoms with Crippen molar-refractivity contribution in [1.82, 2.24) is 10.3 Å². The van der Waals surface area contributed by atoms with Gasteiger partial charge >= 0.3 is 0 Å². The molecule has 2 aromatic heterocycles. The van der Waals surface area contributed by atoms with Crippen LogP contribution in [0.3, 0.4) is 0 Å². The van der Waals surface area contributed by atoms with E-state index in [0.717, 1.165) is 21.1 Å². The molecule has 110 valence electrons. The van der Waals surface area contributed by atoms with E-state index in [4.69, 9.17) is 5.11 Å². The molecule has 2 aromatic rings. The molecule has 0 atom stereocenters. The molecule has 0 aliphatic heterocycles. The van der Waals surface area contributed by atoms with Crippen LogP contribution in [0.1, 0.15) is 37.2 Å². The van der Waals surface area contributed by atoms with Crippen LogP contribution in [0.2, 0.25) is 0 Å². The lowest BCUT2D eigenvalue weighted by Crippen LogP contribution is -2.21. The summed E-state index contributed by atoms with van der Waals surface area (Å²) in [5.41, 5.74) is 1.86. The molecule has 2 heterocycles. The molecule has 0 aliphatic rings. The Morgan fingerprint density at radius 3 is 2.95 bits per heavy atom. The van der Waals surface area contributed by atoms with Gasteiger partial charge in [0.15, 0.2) is 0 Å². The average Bonchev–Trinajstić information content (AvgIpc) is 3.03. The average molecular weight is 320 g/mol. The van der Waals surface area contributed by atoms with Crippen molar-refractivity contribution in [2.75, 3.05) is 6.61 Å². The summed E-state index contributed by atoms with van der Waals surface area (Å²) >= 11 is 2.94. The number of thiophene rings is 1. The van der Waals surface area contributed by atoms with Crippen LogP contribution in [0.15, 0.2) is 11.4 Å². The maximum absolute atomic E-state index is 12.1. The lowest BCUT2D eigenvalue weighted by atomic mass is 10.2. The lowest BCUT2D eigenvalue weighted by Gasteiger charge is -2.00. The number of rotatable bonds is 4. The van der Waals surface area contributed by atoms with Crippen LogP contribution in [0.5, 0.6) is 0 Å². The van der Waals surface area contributed by atoms with Gasteiger partial charge in [0, 0.05) is 11.8 Å². The van der Waals surface area contributed by atoms with Gasteiger partial charge in [0.05, 0.1) is 33.6 Å². The predicted molar refractivity (Wildman–Crippen MR) is 85.7 cm³/mol. The Morgan fingerprint density at radius 1 is 1.48 bits per heavy atom. The Bertz CT molecular complexity index is 692. The zero-order chi connectivity index (χ0) is 15.2. The molecule has 0 fully saturated rings. The summed E-state index contributed by atoms with van der Waals surface area (Å²) in [4.78, 5) is 17.9. The molecule has 4 nitrogen and oxygen atoms in total. The third kappa shape index (κ3) is 4.39. The van der Waals surface area contributed by atoms with Gasteiger partial charge in [0.2, 0.25) is 0 Å². The van der Waals surface area contributed by atoms with Gasteiger partial charge in [0.25, 0.3) is 5.91 Å². The number of carbonyl (C=O) groups excluding carboxylic acids is 1. The molecule has 2 N–H and O–H groups in total. The van der Waals surface area contributed by atoms with E-state index in [-0.39, 0.29) is 12.5 Å². The van der Waals surface area contributed by atoms with E-state index >= 15 is 0 Å². The van der Waals surface area contributed by atoms with Gasteiger partial charge in [-0.15, -0.1) is 22.7 Å². The van der Waals surface area contributed by atoms with Gasteiger partial charge < -0.3 is 10.4 Å². The second-order valence-electron chi connectivity index (χ2n) is 4.44. The Labute approximate surface area is 131 Å². The first-order chi connectivity index (χ1) is 10.1. The summed E-state index contributed by atoms with van der Waals surface area (Å²) in [5, 5.41) is 14.5. The maximum atomic E-state index is 12.1. The molecule has 6 heteroatoms. The van der Waals surface area contributed by atoms with Gasteiger partial charge in [-0.2, -0.15) is 0 Å². The van der Waals surface area contributed by atoms with Crippen LogP contribution in [0.25, 0.3) is 0 Å². The Balaban J connectivity index is 2.00. The highest BCUT2D eigenvalue weighted by Gasteiger charge is 2.11. The molecule has 0 saturated carbocycles. The number of thiazole rings is 1. The molecule has 0 bridgehead atoms. The monoisotopic (exact) mass is 320 g/mol. The first kappa shape index (κ1) is 15.7. The summed E-state index contributed by atoms with van der Waals surface area (Å²) < 4.78 is 0. The Hall–Kier alpha value is -1.68. The lowest BCUT2D eigenvalue weighted by molar-refractivity contribution is 0.0954. The largest absolute Gasteiger partial charge is 0.395 e. The third-order valence-electron chi connectivity index (χ3n) is 2.68. The van der Waals surface area contributed by atoms with E-state index in [9.17, 15) is 4.79 Å². The number of carbonyl (C=O) groups is 1. The highest BCUT2D eigenvalue weighted by atomic mass is 32.1. The van der Waals surface area contributed by atoms with Crippen LogP contribution in [0.4, 0.5) is 0 Å². The molecular weight excluding hydrogens is 304 g/mol. The van der Waals surface area contributed by atoms with E-state index in [1.165, 1.54) is 11.3 Å². The van der Waals surface area contributed by atoms with E-state index in [1.54, 1.807) is 11.3 Å². The molecule has 0 unspecified atom stereocenters. The molecule has 2 rings (SSSR count). The van der Waals surface area contributed by atoms with Gasteiger partial charge in [0.1, 0.15) is 0 Å². The summed E-state index contributed by atoms with van der Waals surface area (Å²) in [5.74, 6) is 5.75. The second kappa shape index (κ2) is 7.36. The van der Waals surface area contributed by atoms with Crippen LogP contribution in [0, 0.1) is 25.7 Å². The topological polar surface area (TPSA) is 62.2 Å². The zero-order valence-corrected chi connectivity index (χ0v) is 13.5. The standard InChI is InChI=1S/C15H16N2O2S2/c1-10-7-14(21-13(10)5-3-4-6-18)15(19)16-8-12-9-20-11(2)17-12/h7,9,18H,4,6,8H2,1-2H3,(H,16,19). The number of aryl methyl sites for hydroxylation is 2. The van der Waals surface area contributed by atoms with Crippen molar-refractivity contribution in [3.8, 4) is 11.8 Å². The maximum Gasteiger partial charge on any atom is 0.261 e. The number of aliphatic hydroxyl groups is 1. The number of hydrogen-bond acceptors (Lipinski definition) is 5. The van der Waals surface area contributed by atoms with E-state index in [2.05, 4.69) is 22.1 Å². The Morgan fingerprint density at radius 2 is 2.29 bits per heavy atom. The molecule has 21 heavy (non-hydrogen) atoms. The van der Waals surface area contributed by atoms with Crippen molar-refractivity contribution in [3.63, 3.8) is 0 Å². The summed E-state index contributed by atoms with van der Waals surface area (Å²) in [6, 6.07) is 1.84. The van der Waals surface area contributed by atoms with Crippen molar-refractivity contribution >= 4 is 28.6 Å². The fourth-order valence-electron chi connectivity index (χ4n) is 1.66. The third-order valence-corrected chi connectivity index (χ3v) is 4.65. The summed E-state index contributed by atoms with van der Waals surface area (Å²) in [6.45, 7) is 4.36. The first-order valence-corrected chi connectivity index (χ1v) is 8.19. The SMILES string of the molecule is Cc1nc(CNC(=O)c2cc(C)c(C#CCCO)s2)cs1. The van der Waals surface area contributed by atoms with Crippen LogP contribution in [-0.4, -0.2) is 22.6 Å². The number of aliphatic hydroxyl groups excluding tert-OH is 1. The molecule has 0 aliphatic carbocycles. The smallest absolute Gasteiger partial charge is 0.261 e. The highest BCUT2D eigenvalue weighted by Crippen LogP contribution is 2.21. The van der Waals surface area contributed by atoms with Crippen molar-refractivity contribution in [1.29, 1.82) is 0 Å². The number of amides is 1. The van der Waals surface area contributed by atoms with E-state index in [0.29, 0.717) is 17.8 Å².